The molecule has 13 heteroatoms. The first-order chi connectivity index (χ1) is 18.4. The van der Waals surface area contributed by atoms with Crippen molar-refractivity contribution in [3.63, 3.8) is 0 Å². The minimum Gasteiger partial charge on any atom is -0.379 e. The zero-order chi connectivity index (χ0) is 28.1. The number of rotatable bonds is 8. The van der Waals surface area contributed by atoms with Crippen LogP contribution in [0.15, 0.2) is 36.5 Å². The minimum absolute atomic E-state index is 0.00969. The number of fused-ring (bicyclic) bond motifs is 1. The van der Waals surface area contributed by atoms with Crippen LogP contribution in [-0.2, 0) is 20.0 Å². The van der Waals surface area contributed by atoms with Crippen molar-refractivity contribution >= 4 is 42.6 Å². The van der Waals surface area contributed by atoms with Crippen LogP contribution < -0.4 is 10.0 Å². The number of aryl methyl sites for hydroxylation is 2. The fraction of sp³-hybridized carbons (Fsp3) is 0.385. The van der Waals surface area contributed by atoms with Crippen molar-refractivity contribution in [1.82, 2.24) is 23.8 Å². The third-order valence-electron chi connectivity index (χ3n) is 7.10. The van der Waals surface area contributed by atoms with Gasteiger partial charge in [0, 0.05) is 42.3 Å². The second-order valence-electron chi connectivity index (χ2n) is 10.0. The second-order valence-corrected chi connectivity index (χ2v) is 14.0. The summed E-state index contributed by atoms with van der Waals surface area (Å²) in [5.41, 5.74) is 7.31. The normalized spacial score (nSPS) is 16.7. The lowest BCUT2D eigenvalue weighted by Gasteiger charge is -2.17. The molecule has 3 N–H and O–H groups in total. The lowest BCUT2D eigenvalue weighted by atomic mass is 10.1. The van der Waals surface area contributed by atoms with Crippen LogP contribution in [0.3, 0.4) is 0 Å². The van der Waals surface area contributed by atoms with E-state index >= 15 is 0 Å². The summed E-state index contributed by atoms with van der Waals surface area (Å²) in [6.45, 7) is 8.57. The molecule has 5 rings (SSSR count). The van der Waals surface area contributed by atoms with E-state index in [4.69, 9.17) is 4.98 Å². The molecule has 3 aromatic heterocycles. The highest BCUT2D eigenvalue weighted by atomic mass is 32.2. The van der Waals surface area contributed by atoms with Gasteiger partial charge >= 0.3 is 0 Å². The van der Waals surface area contributed by atoms with Gasteiger partial charge in [-0.1, -0.05) is 6.07 Å². The van der Waals surface area contributed by atoms with Crippen molar-refractivity contribution in [3.8, 4) is 17.1 Å². The van der Waals surface area contributed by atoms with E-state index in [9.17, 15) is 16.8 Å². The molecular weight excluding hydrogens is 538 g/mol. The molecule has 1 aliphatic rings. The molecule has 4 aromatic rings. The Morgan fingerprint density at radius 1 is 1.10 bits per heavy atom. The largest absolute Gasteiger partial charge is 0.379 e. The van der Waals surface area contributed by atoms with E-state index in [1.54, 1.807) is 23.5 Å². The molecule has 0 spiro atoms. The average Bonchev–Trinajstić information content (AvgIpc) is 3.58. The van der Waals surface area contributed by atoms with Gasteiger partial charge in [-0.25, -0.2) is 26.8 Å². The van der Waals surface area contributed by atoms with Gasteiger partial charge in [-0.15, -0.1) is 0 Å². The maximum Gasteiger partial charge on any atom is 0.229 e. The summed E-state index contributed by atoms with van der Waals surface area (Å²) >= 11 is 0. The number of H-pyrrole nitrogens is 1. The highest BCUT2D eigenvalue weighted by Gasteiger charge is 2.30. The first-order valence-corrected chi connectivity index (χ1v) is 16.2. The summed E-state index contributed by atoms with van der Waals surface area (Å²) in [7, 11) is -6.62. The number of anilines is 2. The molecule has 1 saturated heterocycles. The summed E-state index contributed by atoms with van der Waals surface area (Å²) in [5, 5.41) is 3.49. The van der Waals surface area contributed by atoms with E-state index in [0.29, 0.717) is 30.2 Å². The van der Waals surface area contributed by atoms with Crippen LogP contribution in [-0.4, -0.2) is 71.8 Å². The molecule has 1 atom stereocenters. The molecule has 0 bridgehead atoms. The number of pyridine rings is 1. The number of nitrogens with zero attached hydrogens (tertiary/aromatic N) is 4. The van der Waals surface area contributed by atoms with Crippen molar-refractivity contribution in [2.24, 2.45) is 0 Å². The Kier molecular flexibility index (Phi) is 6.93. The quantitative estimate of drug-likeness (QED) is 0.294. The number of benzene rings is 1. The molecule has 11 nitrogen and oxygen atoms in total. The van der Waals surface area contributed by atoms with Crippen molar-refractivity contribution < 1.29 is 16.8 Å². The smallest absolute Gasteiger partial charge is 0.229 e. The van der Waals surface area contributed by atoms with E-state index in [-0.39, 0.29) is 11.8 Å². The highest BCUT2D eigenvalue weighted by Crippen LogP contribution is 2.33. The van der Waals surface area contributed by atoms with Crippen molar-refractivity contribution in [1.29, 1.82) is 0 Å². The number of sulfonamides is 2. The molecule has 0 unspecified atom stereocenters. The topological polar surface area (TPSA) is 142 Å². The molecular formula is C26H33N7O4S2. The van der Waals surface area contributed by atoms with Gasteiger partial charge in [-0.3, -0.25) is 4.72 Å². The van der Waals surface area contributed by atoms with Gasteiger partial charge < -0.3 is 14.9 Å². The third kappa shape index (κ3) is 5.38. The Morgan fingerprint density at radius 3 is 2.59 bits per heavy atom. The third-order valence-corrected chi connectivity index (χ3v) is 9.55. The van der Waals surface area contributed by atoms with Crippen molar-refractivity contribution in [2.45, 2.75) is 40.2 Å². The molecule has 0 saturated carbocycles. The molecule has 39 heavy (non-hydrogen) atoms. The zero-order valence-corrected chi connectivity index (χ0v) is 24.2. The minimum atomic E-state index is -3.41. The predicted octanol–water partition coefficient (Wildman–Crippen LogP) is 3.55. The van der Waals surface area contributed by atoms with Gasteiger partial charge in [0.15, 0.2) is 5.65 Å². The maximum atomic E-state index is 12.3. The van der Waals surface area contributed by atoms with Gasteiger partial charge in [0.2, 0.25) is 20.0 Å². The van der Waals surface area contributed by atoms with Crippen LogP contribution in [0.1, 0.15) is 30.3 Å². The Balaban J connectivity index is 1.48. The summed E-state index contributed by atoms with van der Waals surface area (Å²) in [5.74, 6) is 0.760. The Bertz CT molecular complexity index is 1780. The summed E-state index contributed by atoms with van der Waals surface area (Å²) < 4.78 is 54.3. The van der Waals surface area contributed by atoms with Gasteiger partial charge in [-0.2, -0.15) is 4.31 Å². The molecule has 1 fully saturated rings. The first-order valence-electron chi connectivity index (χ1n) is 12.7. The first kappa shape index (κ1) is 27.2. The summed E-state index contributed by atoms with van der Waals surface area (Å²) in [6.07, 6.45) is 3.54. The number of aromatic amines is 1. The molecule has 0 aliphatic carbocycles. The molecule has 4 heterocycles. The van der Waals surface area contributed by atoms with Crippen LogP contribution in [0.25, 0.3) is 28.2 Å². The number of aromatic nitrogens is 4. The van der Waals surface area contributed by atoms with Crippen LogP contribution in [0.2, 0.25) is 0 Å². The highest BCUT2D eigenvalue weighted by molar-refractivity contribution is 7.92. The average molecular weight is 572 g/mol. The maximum absolute atomic E-state index is 12.3. The number of hydrogen-bond donors (Lipinski definition) is 3. The Morgan fingerprint density at radius 2 is 1.87 bits per heavy atom. The molecule has 1 aliphatic heterocycles. The van der Waals surface area contributed by atoms with E-state index in [1.165, 1.54) is 0 Å². The Hall–Kier alpha value is -3.42. The summed E-state index contributed by atoms with van der Waals surface area (Å²) in [4.78, 5) is 12.6. The van der Waals surface area contributed by atoms with Crippen LogP contribution in [0, 0.1) is 20.8 Å². The fourth-order valence-electron chi connectivity index (χ4n) is 5.16. The second kappa shape index (κ2) is 9.96. The van der Waals surface area contributed by atoms with E-state index in [0.717, 1.165) is 52.1 Å². The lowest BCUT2D eigenvalue weighted by Crippen LogP contribution is -2.32. The monoisotopic (exact) mass is 571 g/mol. The molecule has 0 radical (unpaired) electrons. The molecule has 208 valence electrons. The molecule has 1 aromatic carbocycles. The van der Waals surface area contributed by atoms with Gasteiger partial charge in [0.25, 0.3) is 0 Å². The van der Waals surface area contributed by atoms with E-state index < -0.39 is 20.0 Å². The lowest BCUT2D eigenvalue weighted by molar-refractivity contribution is 0.476. The van der Waals surface area contributed by atoms with Crippen molar-refractivity contribution in [2.75, 3.05) is 35.1 Å². The van der Waals surface area contributed by atoms with E-state index in [2.05, 4.69) is 24.6 Å². The number of hydrogen-bond acceptors (Lipinski definition) is 7. The fourth-order valence-corrected chi connectivity index (χ4v) is 6.87. The van der Waals surface area contributed by atoms with Gasteiger partial charge in [0.05, 0.1) is 29.1 Å². The predicted molar refractivity (Wildman–Crippen MR) is 154 cm³/mol. The standard InChI is InChI=1S/C26H33N7O4S2/c1-6-39(36,37)32-12-10-20(15-32)28-22-9-11-27-26-24(22)29-25(30-26)21-13-17(3)33(18(21)4)23-14-19(8-7-16(23)2)31-38(5,34)35/h7-9,11,13-14,20,31H,6,10,12,15H2,1-5H3,(H2,27,28,29,30)/t20-/m0/s1. The van der Waals surface area contributed by atoms with Crippen LogP contribution in [0.5, 0.6) is 0 Å². The number of imidazole rings is 1. The van der Waals surface area contributed by atoms with Gasteiger partial charge in [-0.05, 0) is 63.9 Å². The van der Waals surface area contributed by atoms with Crippen LogP contribution in [0.4, 0.5) is 11.4 Å². The van der Waals surface area contributed by atoms with Crippen LogP contribution >= 0.6 is 0 Å². The SMILES string of the molecule is CCS(=O)(=O)N1CC[C@H](Nc2ccnc3nc(-c4cc(C)n(-c5cc(NS(C)(=O)=O)ccc5C)c4C)[nH]c23)C1. The number of nitrogens with one attached hydrogen (secondary N) is 3. The van der Waals surface area contributed by atoms with Gasteiger partial charge in [0.1, 0.15) is 11.3 Å². The van der Waals surface area contributed by atoms with E-state index in [1.807, 2.05) is 45.0 Å². The molecule has 0 amide bonds. The van der Waals surface area contributed by atoms with Crippen molar-refractivity contribution in [3.05, 3.63) is 53.5 Å². The Labute approximate surface area is 228 Å². The zero-order valence-electron chi connectivity index (χ0n) is 22.6. The summed E-state index contributed by atoms with van der Waals surface area (Å²) in [6, 6.07) is 9.36.